The Morgan fingerprint density at radius 3 is 2.91 bits per heavy atom. The first-order valence-electron chi connectivity index (χ1n) is 7.22. The number of hydrogen-bond donors (Lipinski definition) is 2. The first kappa shape index (κ1) is 14.1. The molecule has 22 heavy (non-hydrogen) atoms. The lowest BCUT2D eigenvalue weighted by Gasteiger charge is -2.39. The number of likely N-dealkylation sites (tertiary alicyclic amines) is 1. The molecule has 6 nitrogen and oxygen atoms in total. The molecule has 1 aliphatic heterocycles. The van der Waals surface area contributed by atoms with Gasteiger partial charge in [-0.05, 0) is 12.1 Å². The number of carbonyl (C=O) groups excluding carboxylic acids is 2. The number of nitrogens with one attached hydrogen (secondary N) is 2. The molecule has 1 aromatic carbocycles. The van der Waals surface area contributed by atoms with Crippen molar-refractivity contribution < 1.29 is 9.59 Å². The van der Waals surface area contributed by atoms with Gasteiger partial charge in [0, 0.05) is 42.2 Å². The fourth-order valence-corrected chi connectivity index (χ4v) is 2.60. The van der Waals surface area contributed by atoms with Crippen molar-refractivity contribution in [1.29, 1.82) is 5.26 Å². The maximum Gasteiger partial charge on any atom is 0.254 e. The standard InChI is InChI=1S/C16H16N4O2/c1-2-15(21)19-12-8-20(9-12)16(22)10-3-4-13-11(6-17)7-18-14(13)5-10/h3-5,7,12,18H,2,8-9H2,1H3,(H,19,21). The van der Waals surface area contributed by atoms with E-state index < -0.39 is 0 Å². The Labute approximate surface area is 127 Å². The number of benzene rings is 1. The molecule has 2 amide bonds. The number of amides is 2. The molecule has 6 heteroatoms. The van der Waals surface area contributed by atoms with Crippen molar-refractivity contribution in [2.45, 2.75) is 19.4 Å². The molecule has 0 aliphatic carbocycles. The lowest BCUT2D eigenvalue weighted by Crippen LogP contribution is -2.60. The summed E-state index contributed by atoms with van der Waals surface area (Å²) in [4.78, 5) is 28.4. The van der Waals surface area contributed by atoms with Crippen LogP contribution in [-0.2, 0) is 4.79 Å². The summed E-state index contributed by atoms with van der Waals surface area (Å²) in [6, 6.07) is 7.44. The van der Waals surface area contributed by atoms with Crippen LogP contribution in [0.1, 0.15) is 29.3 Å². The van der Waals surface area contributed by atoms with E-state index in [1.165, 1.54) is 0 Å². The quantitative estimate of drug-likeness (QED) is 0.897. The second kappa shape index (κ2) is 5.53. The van der Waals surface area contributed by atoms with Gasteiger partial charge in [-0.15, -0.1) is 0 Å². The maximum absolute atomic E-state index is 12.4. The molecule has 1 fully saturated rings. The lowest BCUT2D eigenvalue weighted by atomic mass is 10.0. The van der Waals surface area contributed by atoms with Gasteiger partial charge in [-0.1, -0.05) is 13.0 Å². The molecule has 0 bridgehead atoms. The van der Waals surface area contributed by atoms with Crippen molar-refractivity contribution >= 4 is 22.7 Å². The van der Waals surface area contributed by atoms with Crippen molar-refractivity contribution in [3.63, 3.8) is 0 Å². The highest BCUT2D eigenvalue weighted by Gasteiger charge is 2.32. The monoisotopic (exact) mass is 296 g/mol. The third-order valence-corrected chi connectivity index (χ3v) is 3.90. The average molecular weight is 296 g/mol. The number of rotatable bonds is 3. The number of fused-ring (bicyclic) bond motifs is 1. The van der Waals surface area contributed by atoms with Gasteiger partial charge in [-0.2, -0.15) is 5.26 Å². The van der Waals surface area contributed by atoms with E-state index in [1.807, 2.05) is 0 Å². The van der Waals surface area contributed by atoms with E-state index in [2.05, 4.69) is 16.4 Å². The summed E-state index contributed by atoms with van der Waals surface area (Å²) in [7, 11) is 0. The Bertz CT molecular complexity index is 781. The van der Waals surface area contributed by atoms with E-state index >= 15 is 0 Å². The largest absolute Gasteiger partial charge is 0.360 e. The summed E-state index contributed by atoms with van der Waals surface area (Å²) in [5, 5.41) is 12.7. The fraction of sp³-hybridized carbons (Fsp3) is 0.312. The molecule has 1 saturated heterocycles. The molecule has 0 radical (unpaired) electrons. The van der Waals surface area contributed by atoms with Gasteiger partial charge in [-0.25, -0.2) is 0 Å². The second-order valence-corrected chi connectivity index (χ2v) is 5.40. The van der Waals surface area contributed by atoms with E-state index in [1.54, 1.807) is 36.2 Å². The Hall–Kier alpha value is -2.81. The van der Waals surface area contributed by atoms with Gasteiger partial charge in [0.15, 0.2) is 0 Å². The van der Waals surface area contributed by atoms with Crippen molar-refractivity contribution in [3.8, 4) is 6.07 Å². The average Bonchev–Trinajstić information content (AvgIpc) is 2.91. The van der Waals surface area contributed by atoms with Crippen molar-refractivity contribution in [2.24, 2.45) is 0 Å². The van der Waals surface area contributed by atoms with Crippen LogP contribution in [0.5, 0.6) is 0 Å². The summed E-state index contributed by atoms with van der Waals surface area (Å²) in [5.41, 5.74) is 1.93. The fourth-order valence-electron chi connectivity index (χ4n) is 2.60. The van der Waals surface area contributed by atoms with E-state index in [0.29, 0.717) is 30.6 Å². The molecule has 0 unspecified atom stereocenters. The number of carbonyl (C=O) groups is 2. The van der Waals surface area contributed by atoms with Crippen LogP contribution >= 0.6 is 0 Å². The highest BCUT2D eigenvalue weighted by Crippen LogP contribution is 2.21. The summed E-state index contributed by atoms with van der Waals surface area (Å²) in [6.07, 6.45) is 2.09. The molecule has 0 spiro atoms. The van der Waals surface area contributed by atoms with Gasteiger partial charge >= 0.3 is 0 Å². The number of aromatic amines is 1. The minimum atomic E-state index is -0.0583. The number of H-pyrrole nitrogens is 1. The van der Waals surface area contributed by atoms with Crippen LogP contribution in [0.2, 0.25) is 0 Å². The number of aromatic nitrogens is 1. The summed E-state index contributed by atoms with van der Waals surface area (Å²) < 4.78 is 0. The van der Waals surface area contributed by atoms with Crippen molar-refractivity contribution in [1.82, 2.24) is 15.2 Å². The zero-order chi connectivity index (χ0) is 15.7. The molecule has 0 saturated carbocycles. The van der Waals surface area contributed by atoms with Gasteiger partial charge in [0.2, 0.25) is 5.91 Å². The van der Waals surface area contributed by atoms with Crippen LogP contribution in [0.3, 0.4) is 0 Å². The Morgan fingerprint density at radius 2 is 2.23 bits per heavy atom. The van der Waals surface area contributed by atoms with E-state index in [-0.39, 0.29) is 17.9 Å². The molecule has 112 valence electrons. The number of nitriles is 1. The van der Waals surface area contributed by atoms with Gasteiger partial charge in [0.25, 0.3) is 5.91 Å². The Balaban J connectivity index is 1.69. The molecule has 1 aromatic heterocycles. The highest BCUT2D eigenvalue weighted by molar-refractivity contribution is 5.99. The third-order valence-electron chi connectivity index (χ3n) is 3.90. The molecular formula is C16H16N4O2. The van der Waals surface area contributed by atoms with Gasteiger partial charge in [0.05, 0.1) is 11.6 Å². The summed E-state index contributed by atoms with van der Waals surface area (Å²) >= 11 is 0. The first-order chi connectivity index (χ1) is 10.6. The predicted octanol–water partition coefficient (Wildman–Crippen LogP) is 1.39. The smallest absolute Gasteiger partial charge is 0.254 e. The zero-order valence-corrected chi connectivity index (χ0v) is 12.2. The highest BCUT2D eigenvalue weighted by atomic mass is 16.2. The first-order valence-corrected chi connectivity index (χ1v) is 7.22. The van der Waals surface area contributed by atoms with Crippen molar-refractivity contribution in [2.75, 3.05) is 13.1 Å². The van der Waals surface area contributed by atoms with Gasteiger partial charge < -0.3 is 15.2 Å². The van der Waals surface area contributed by atoms with Gasteiger partial charge in [0.1, 0.15) is 6.07 Å². The minimum absolute atomic E-state index is 0.00828. The van der Waals surface area contributed by atoms with E-state index in [4.69, 9.17) is 5.26 Å². The Morgan fingerprint density at radius 1 is 1.45 bits per heavy atom. The number of nitrogens with zero attached hydrogens (tertiary/aromatic N) is 2. The number of hydrogen-bond acceptors (Lipinski definition) is 3. The van der Waals surface area contributed by atoms with E-state index in [0.717, 1.165) is 10.9 Å². The van der Waals surface area contributed by atoms with Crippen LogP contribution in [0, 0.1) is 11.3 Å². The third kappa shape index (κ3) is 2.42. The zero-order valence-electron chi connectivity index (χ0n) is 12.2. The van der Waals surface area contributed by atoms with Crippen LogP contribution in [0.4, 0.5) is 0 Å². The summed E-state index contributed by atoms with van der Waals surface area (Å²) in [6.45, 7) is 2.88. The van der Waals surface area contributed by atoms with Crippen LogP contribution in [-0.4, -0.2) is 40.8 Å². The minimum Gasteiger partial charge on any atom is -0.360 e. The van der Waals surface area contributed by atoms with Crippen LogP contribution < -0.4 is 5.32 Å². The topological polar surface area (TPSA) is 89.0 Å². The van der Waals surface area contributed by atoms with Crippen molar-refractivity contribution in [3.05, 3.63) is 35.5 Å². The molecule has 0 atom stereocenters. The van der Waals surface area contributed by atoms with Crippen LogP contribution in [0.25, 0.3) is 10.9 Å². The maximum atomic E-state index is 12.4. The second-order valence-electron chi connectivity index (χ2n) is 5.40. The molecular weight excluding hydrogens is 280 g/mol. The summed E-state index contributed by atoms with van der Waals surface area (Å²) in [5.74, 6) is -0.0501. The lowest BCUT2D eigenvalue weighted by molar-refractivity contribution is -0.122. The van der Waals surface area contributed by atoms with Crippen LogP contribution in [0.15, 0.2) is 24.4 Å². The van der Waals surface area contributed by atoms with Gasteiger partial charge in [-0.3, -0.25) is 9.59 Å². The molecule has 2 aromatic rings. The van der Waals surface area contributed by atoms with E-state index in [9.17, 15) is 9.59 Å². The molecule has 3 rings (SSSR count). The molecule has 2 N–H and O–H groups in total. The normalized spacial score (nSPS) is 14.5. The molecule has 2 heterocycles. The molecule has 1 aliphatic rings. The Kier molecular flexibility index (Phi) is 3.55. The predicted molar refractivity (Wildman–Crippen MR) is 81.1 cm³/mol. The SMILES string of the molecule is CCC(=O)NC1CN(C(=O)c2ccc3c(C#N)c[nH]c3c2)C1.